The zero-order chi connectivity index (χ0) is 20.2. The van der Waals surface area contributed by atoms with Crippen LogP contribution in [0.25, 0.3) is 0 Å². The van der Waals surface area contributed by atoms with E-state index in [9.17, 15) is 13.2 Å². The Bertz CT molecular complexity index is 966. The number of amides is 2. The molecule has 0 saturated carbocycles. The molecule has 1 saturated heterocycles. The first kappa shape index (κ1) is 22.8. The van der Waals surface area contributed by atoms with Crippen molar-refractivity contribution in [1.29, 1.82) is 0 Å². The van der Waals surface area contributed by atoms with Crippen molar-refractivity contribution in [3.8, 4) is 0 Å². The van der Waals surface area contributed by atoms with E-state index >= 15 is 0 Å². The summed E-state index contributed by atoms with van der Waals surface area (Å²) in [6, 6.07) is 1.65. The summed E-state index contributed by atoms with van der Waals surface area (Å²) in [6.07, 6.45) is 6.94. The molecule has 1 radical (unpaired) electrons. The van der Waals surface area contributed by atoms with Crippen LogP contribution < -0.4 is 10.0 Å². The van der Waals surface area contributed by atoms with Gasteiger partial charge in [0.15, 0.2) is 5.66 Å². The van der Waals surface area contributed by atoms with E-state index in [0.717, 1.165) is 57.2 Å². The van der Waals surface area contributed by atoms with Crippen LogP contribution in [0.4, 0.5) is 10.5 Å². The van der Waals surface area contributed by atoms with E-state index in [1.54, 1.807) is 0 Å². The Morgan fingerprint density at radius 3 is 2.30 bits per heavy atom. The molecule has 2 N–H and O–H groups in total. The first-order chi connectivity index (χ1) is 13.8. The van der Waals surface area contributed by atoms with Gasteiger partial charge < -0.3 is 10.2 Å². The molecule has 2 aliphatic heterocycles. The number of anilines is 1. The van der Waals surface area contributed by atoms with Crippen LogP contribution in [0.15, 0.2) is 16.3 Å². The second-order valence-corrected chi connectivity index (χ2v) is 10.8. The molecule has 1 aromatic rings. The van der Waals surface area contributed by atoms with Crippen LogP contribution in [0, 0.1) is 0 Å². The Labute approximate surface area is 220 Å². The summed E-state index contributed by atoms with van der Waals surface area (Å²) in [5, 5.41) is 10.3. The molecule has 0 unspecified atom stereocenters. The van der Waals surface area contributed by atoms with Crippen LogP contribution in [-0.4, -0.2) is 101 Å². The SMILES string of the molecule is CC1(CCN2CC(S(=O)(=O)NC(=O)Nc3c4c(cc5c3CCC5)CCC4)C2)N=N1.[K]. The zero-order valence-electron chi connectivity index (χ0n) is 17.7. The standard InChI is InChI=1S/C20H27N5O3S.K/c1-20(23-24-20)8-9-25-11-15(12-25)29(27,28)22-19(26)21-18-16-6-2-4-13(16)10-14-5-3-7-17(14)18;/h10,15H,2-9,11-12H2,1H3,(H2,21,22,26);. The smallest absolute Gasteiger partial charge is 0.307 e. The summed E-state index contributed by atoms with van der Waals surface area (Å²) in [4.78, 5) is 14.6. The number of carbonyl (C=O) groups is 1. The summed E-state index contributed by atoms with van der Waals surface area (Å²) < 4.78 is 27.5. The quantitative estimate of drug-likeness (QED) is 0.639. The number of aryl methyl sites for hydroxylation is 2. The van der Waals surface area contributed by atoms with Crippen molar-refractivity contribution in [2.75, 3.05) is 25.0 Å². The fourth-order valence-corrected chi connectivity index (χ4v) is 6.07. The number of sulfonamides is 1. The van der Waals surface area contributed by atoms with Gasteiger partial charge in [0, 0.05) is 83.1 Å². The maximum absolute atomic E-state index is 12.6. The summed E-state index contributed by atoms with van der Waals surface area (Å²) in [5.41, 5.74) is 5.59. The summed E-state index contributed by atoms with van der Waals surface area (Å²) in [5.74, 6) is 0. The molecule has 2 aliphatic carbocycles. The van der Waals surface area contributed by atoms with Crippen LogP contribution in [0.3, 0.4) is 0 Å². The molecule has 1 aromatic carbocycles. The van der Waals surface area contributed by atoms with Gasteiger partial charge >= 0.3 is 6.03 Å². The van der Waals surface area contributed by atoms with Crippen molar-refractivity contribution < 1.29 is 13.2 Å². The number of benzene rings is 1. The molecule has 30 heavy (non-hydrogen) atoms. The first-order valence-electron chi connectivity index (χ1n) is 10.5. The number of hydrogen-bond acceptors (Lipinski definition) is 6. The van der Waals surface area contributed by atoms with E-state index in [4.69, 9.17) is 0 Å². The van der Waals surface area contributed by atoms with Crippen LogP contribution in [0.1, 0.15) is 48.4 Å². The molecule has 0 aromatic heterocycles. The van der Waals surface area contributed by atoms with Gasteiger partial charge in [0.1, 0.15) is 5.25 Å². The number of rotatable bonds is 6. The maximum Gasteiger partial charge on any atom is 0.332 e. The van der Waals surface area contributed by atoms with Crippen molar-refractivity contribution >= 4 is 73.1 Å². The predicted octanol–water partition coefficient (Wildman–Crippen LogP) is 1.99. The monoisotopic (exact) mass is 456 g/mol. The molecule has 5 rings (SSSR count). The van der Waals surface area contributed by atoms with Gasteiger partial charge in [0.2, 0.25) is 10.0 Å². The van der Waals surface area contributed by atoms with Crippen LogP contribution in [0.5, 0.6) is 0 Å². The van der Waals surface area contributed by atoms with Crippen molar-refractivity contribution in [3.05, 3.63) is 28.3 Å². The minimum absolute atomic E-state index is 0. The van der Waals surface area contributed by atoms with Gasteiger partial charge in [-0.05, 0) is 67.7 Å². The van der Waals surface area contributed by atoms with Crippen LogP contribution in [0.2, 0.25) is 0 Å². The number of fused-ring (bicyclic) bond motifs is 2. The summed E-state index contributed by atoms with van der Waals surface area (Å²) in [7, 11) is -3.69. The Morgan fingerprint density at radius 1 is 1.13 bits per heavy atom. The van der Waals surface area contributed by atoms with Crippen LogP contribution >= 0.6 is 0 Å². The maximum atomic E-state index is 12.6. The first-order valence-corrected chi connectivity index (χ1v) is 12.0. The van der Waals surface area contributed by atoms with Crippen molar-refractivity contribution in [2.24, 2.45) is 10.2 Å². The van der Waals surface area contributed by atoms with Gasteiger partial charge in [-0.3, -0.25) is 0 Å². The fraction of sp³-hybridized carbons (Fsp3) is 0.650. The molecule has 2 amide bonds. The second-order valence-electron chi connectivity index (χ2n) is 8.88. The molecule has 157 valence electrons. The molecular weight excluding hydrogens is 429 g/mol. The minimum atomic E-state index is -3.69. The van der Waals surface area contributed by atoms with Crippen molar-refractivity contribution in [3.63, 3.8) is 0 Å². The zero-order valence-corrected chi connectivity index (χ0v) is 21.6. The number of carbonyl (C=O) groups excluding carboxylic acids is 1. The van der Waals surface area contributed by atoms with E-state index in [0.29, 0.717) is 13.1 Å². The van der Waals surface area contributed by atoms with Gasteiger partial charge in [-0.2, -0.15) is 10.2 Å². The normalized spacial score (nSPS) is 21.4. The average molecular weight is 457 g/mol. The molecule has 1 fully saturated rings. The van der Waals surface area contributed by atoms with E-state index in [2.05, 4.69) is 31.2 Å². The van der Waals surface area contributed by atoms with E-state index in [1.807, 2.05) is 6.92 Å². The Kier molecular flexibility index (Phi) is 6.49. The molecule has 0 atom stereocenters. The average Bonchev–Trinajstić information content (AvgIpc) is 3.02. The number of hydrogen-bond donors (Lipinski definition) is 2. The molecule has 2 heterocycles. The third-order valence-corrected chi connectivity index (χ3v) is 8.30. The molecular formula is C20H27KN5O3S. The molecule has 10 heteroatoms. The van der Waals surface area contributed by atoms with Gasteiger partial charge in [0.25, 0.3) is 0 Å². The molecule has 0 spiro atoms. The Hall–Kier alpha value is -0.364. The molecule has 8 nitrogen and oxygen atoms in total. The van der Waals surface area contributed by atoms with E-state index in [-0.39, 0.29) is 57.0 Å². The fourth-order valence-electron chi connectivity index (χ4n) is 4.78. The third-order valence-electron chi connectivity index (χ3n) is 6.65. The summed E-state index contributed by atoms with van der Waals surface area (Å²) >= 11 is 0. The largest absolute Gasteiger partial charge is 0.332 e. The molecule has 4 aliphatic rings. The van der Waals surface area contributed by atoms with Crippen molar-refractivity contribution in [1.82, 2.24) is 9.62 Å². The predicted molar refractivity (Wildman–Crippen MR) is 115 cm³/mol. The summed E-state index contributed by atoms with van der Waals surface area (Å²) in [6.45, 7) is 3.61. The van der Waals surface area contributed by atoms with Gasteiger partial charge in [0.05, 0.1) is 0 Å². The van der Waals surface area contributed by atoms with Gasteiger partial charge in [-0.15, -0.1) is 0 Å². The van der Waals surface area contributed by atoms with E-state index < -0.39 is 21.3 Å². The molecule has 0 bridgehead atoms. The van der Waals surface area contributed by atoms with Crippen LogP contribution in [-0.2, 0) is 35.7 Å². The Morgan fingerprint density at radius 2 is 1.73 bits per heavy atom. The number of likely N-dealkylation sites (tertiary alicyclic amines) is 1. The van der Waals surface area contributed by atoms with Gasteiger partial charge in [-0.1, -0.05) is 6.07 Å². The second kappa shape index (κ2) is 8.53. The minimum Gasteiger partial charge on any atom is -0.307 e. The third kappa shape index (κ3) is 4.55. The topological polar surface area (TPSA) is 103 Å². The number of nitrogens with one attached hydrogen (secondary N) is 2. The van der Waals surface area contributed by atoms with E-state index in [1.165, 1.54) is 22.3 Å². The Balaban J connectivity index is 0.00000218. The number of nitrogens with zero attached hydrogens (tertiary/aromatic N) is 3. The van der Waals surface area contributed by atoms with Gasteiger partial charge in [-0.25, -0.2) is 17.9 Å². The van der Waals surface area contributed by atoms with Crippen molar-refractivity contribution in [2.45, 2.75) is 62.8 Å². The number of urea groups is 1.